The van der Waals surface area contributed by atoms with Crippen LogP contribution in [0.1, 0.15) is 64.2 Å². The maximum absolute atomic E-state index is 13.7. The molecule has 4 aliphatic heterocycles. The van der Waals surface area contributed by atoms with E-state index in [1.54, 1.807) is 13.8 Å². The second-order valence-electron chi connectivity index (χ2n) is 16.2. The number of benzene rings is 3. The van der Waals surface area contributed by atoms with Crippen LogP contribution in [-0.4, -0.2) is 104 Å². The van der Waals surface area contributed by atoms with Crippen molar-refractivity contribution in [3.8, 4) is 0 Å². The molecule has 3 aromatic rings. The van der Waals surface area contributed by atoms with Crippen LogP contribution in [0.2, 0.25) is 0 Å². The summed E-state index contributed by atoms with van der Waals surface area (Å²) < 4.78 is 69.4. The van der Waals surface area contributed by atoms with Crippen LogP contribution >= 0.6 is 0 Å². The molecule has 0 aromatic heterocycles. The van der Waals surface area contributed by atoms with Crippen LogP contribution in [0.4, 0.5) is 4.79 Å². The van der Waals surface area contributed by atoms with Crippen LogP contribution < -0.4 is 5.32 Å². The number of amides is 1. The fourth-order valence-corrected chi connectivity index (χ4v) is 7.71. The molecule has 3 aromatic carbocycles. The lowest BCUT2D eigenvalue weighted by molar-refractivity contribution is -0.304. The van der Waals surface area contributed by atoms with Crippen molar-refractivity contribution in [1.29, 1.82) is 0 Å². The molecule has 60 heavy (non-hydrogen) atoms. The first-order valence-corrected chi connectivity index (χ1v) is 20.4. The first-order valence-electron chi connectivity index (χ1n) is 20.4. The van der Waals surface area contributed by atoms with E-state index in [4.69, 9.17) is 52.1 Å². The summed E-state index contributed by atoms with van der Waals surface area (Å²) in [5.41, 5.74) is 2.52. The molecule has 4 saturated heterocycles. The maximum atomic E-state index is 13.7. The number of ketones is 1. The topological polar surface area (TPSA) is 165 Å². The number of nitrogens with one attached hydrogen (secondary N) is 1. The zero-order valence-corrected chi connectivity index (χ0v) is 34.6. The summed E-state index contributed by atoms with van der Waals surface area (Å²) in [4.78, 5) is 38.3. The van der Waals surface area contributed by atoms with Crippen LogP contribution in [0.25, 0.3) is 0 Å². The summed E-state index contributed by atoms with van der Waals surface area (Å²) in [6, 6.07) is 27.3. The predicted octanol–water partition coefficient (Wildman–Crippen LogP) is 5.50. The number of Topliss-reactive ketones (excluding diaryl/α,β-unsaturated/α-hetero) is 1. The normalized spacial score (nSPS) is 30.1. The van der Waals surface area contributed by atoms with Crippen molar-refractivity contribution < 1.29 is 66.5 Å². The van der Waals surface area contributed by atoms with Gasteiger partial charge in [0.25, 0.3) is 0 Å². The van der Waals surface area contributed by atoms with E-state index in [1.807, 2.05) is 105 Å². The van der Waals surface area contributed by atoms with Gasteiger partial charge in [-0.25, -0.2) is 4.79 Å². The van der Waals surface area contributed by atoms with Crippen LogP contribution in [0, 0.1) is 0 Å². The van der Waals surface area contributed by atoms with E-state index >= 15 is 0 Å². The molecule has 0 aliphatic carbocycles. The number of ether oxygens (including phenoxy) is 11. The molecular weight excluding hydrogens is 778 g/mol. The molecule has 0 unspecified atom stereocenters. The Balaban J connectivity index is 1.19. The Labute approximate surface area is 350 Å². The molecule has 0 bridgehead atoms. The van der Waals surface area contributed by atoms with E-state index in [0.717, 1.165) is 16.7 Å². The Morgan fingerprint density at radius 3 is 1.75 bits per heavy atom. The van der Waals surface area contributed by atoms with Crippen molar-refractivity contribution in [1.82, 2.24) is 5.32 Å². The lowest BCUT2D eigenvalue weighted by atomic mass is 9.95. The third-order valence-corrected chi connectivity index (χ3v) is 10.5. The minimum Gasteiger partial charge on any atom is -0.463 e. The van der Waals surface area contributed by atoms with Crippen molar-refractivity contribution >= 4 is 17.8 Å². The molecule has 1 N–H and O–H groups in total. The van der Waals surface area contributed by atoms with Gasteiger partial charge in [0.1, 0.15) is 67.8 Å². The summed E-state index contributed by atoms with van der Waals surface area (Å²) in [7, 11) is 0. The highest BCUT2D eigenvalue weighted by molar-refractivity contribution is 5.81. The minimum absolute atomic E-state index is 0.00116. The van der Waals surface area contributed by atoms with Gasteiger partial charge in [0.2, 0.25) is 0 Å². The van der Waals surface area contributed by atoms with Gasteiger partial charge in [-0.15, -0.1) is 0 Å². The molecule has 1 amide bonds. The zero-order valence-electron chi connectivity index (χ0n) is 34.6. The number of carbonyl (C=O) groups is 3. The average Bonchev–Trinajstić information content (AvgIpc) is 3.74. The fourth-order valence-electron chi connectivity index (χ4n) is 7.71. The quantitative estimate of drug-likeness (QED) is 0.170. The van der Waals surface area contributed by atoms with Crippen LogP contribution in [0.15, 0.2) is 91.0 Å². The average molecular weight is 834 g/mol. The van der Waals surface area contributed by atoms with Crippen molar-refractivity contribution in [3.05, 3.63) is 108 Å². The standard InChI is InChI=1S/C45H55NO14/c1-28(47)21-22-34(48)50-26-32-36(51-23-29-15-9-6-10-16-29)38(52-24-30-17-11-7-12-18-30)35(46-43(49)54-25-31-19-13-8-14-20-31)41(55-32)53-27-33-37-39(58-44(2,3)57-37)40-42(56-33)60-45(4,5)59-40/h6-20,32-33,35-42H,21-27H2,1-5H3,(H,46,49)/t32-,33-,35-,36-,37+,38-,39+,40-,41-,42-/m1/s1. The van der Waals surface area contributed by atoms with E-state index in [9.17, 15) is 14.4 Å². The van der Waals surface area contributed by atoms with Gasteiger partial charge >= 0.3 is 12.1 Å². The van der Waals surface area contributed by atoms with E-state index in [2.05, 4.69) is 5.32 Å². The molecule has 4 heterocycles. The third kappa shape index (κ3) is 11.5. The molecule has 10 atom stereocenters. The Kier molecular flexibility index (Phi) is 14.3. The summed E-state index contributed by atoms with van der Waals surface area (Å²) in [6.45, 7) is 8.53. The van der Waals surface area contributed by atoms with Gasteiger partial charge < -0.3 is 62.2 Å². The fraction of sp³-hybridized carbons (Fsp3) is 0.533. The molecule has 4 fully saturated rings. The second-order valence-corrected chi connectivity index (χ2v) is 16.2. The second kappa shape index (κ2) is 19.6. The lowest BCUT2D eigenvalue weighted by Gasteiger charge is -2.46. The van der Waals surface area contributed by atoms with Gasteiger partial charge in [-0.05, 0) is 51.3 Å². The number of hydrogen-bond acceptors (Lipinski definition) is 14. The molecular formula is C45H55NO14. The molecule has 15 heteroatoms. The van der Waals surface area contributed by atoms with Gasteiger partial charge in [0.15, 0.2) is 24.2 Å². The molecule has 0 radical (unpaired) electrons. The van der Waals surface area contributed by atoms with Crippen molar-refractivity contribution in [3.63, 3.8) is 0 Å². The Hall–Kier alpha value is -4.29. The summed E-state index contributed by atoms with van der Waals surface area (Å²) in [5, 5.41) is 2.96. The number of alkyl carbamates (subject to hydrolysis) is 1. The number of rotatable bonds is 17. The Bertz CT molecular complexity index is 1860. The Morgan fingerprint density at radius 1 is 0.583 bits per heavy atom. The van der Waals surface area contributed by atoms with Gasteiger partial charge in [-0.2, -0.15) is 0 Å². The smallest absolute Gasteiger partial charge is 0.407 e. The van der Waals surface area contributed by atoms with Gasteiger partial charge in [-0.3, -0.25) is 4.79 Å². The van der Waals surface area contributed by atoms with Crippen LogP contribution in [0.5, 0.6) is 0 Å². The molecule has 15 nitrogen and oxygen atoms in total. The molecule has 7 rings (SSSR count). The van der Waals surface area contributed by atoms with E-state index in [0.29, 0.717) is 0 Å². The SMILES string of the molecule is CC(=O)CCC(=O)OC[C@H]1O[C@@H](OC[C@H]2O[C@@H]3OC(C)(C)O[C@@H]3[C@H]3OC(C)(C)O[C@H]32)[C@H](NC(=O)OCc2ccccc2)[C@@H](OCc2ccccc2)[C@@H]1OCc1ccccc1. The summed E-state index contributed by atoms with van der Waals surface area (Å²) in [5.74, 6) is -2.61. The van der Waals surface area contributed by atoms with Crippen LogP contribution in [0.3, 0.4) is 0 Å². The highest BCUT2D eigenvalue weighted by Crippen LogP contribution is 2.44. The highest BCUT2D eigenvalue weighted by atomic mass is 16.9. The van der Waals surface area contributed by atoms with E-state index in [-0.39, 0.29) is 51.7 Å². The third-order valence-electron chi connectivity index (χ3n) is 10.5. The number of esters is 1. The maximum Gasteiger partial charge on any atom is 0.407 e. The monoisotopic (exact) mass is 833 g/mol. The van der Waals surface area contributed by atoms with E-state index < -0.39 is 85.0 Å². The van der Waals surface area contributed by atoms with Crippen molar-refractivity contribution in [2.45, 2.75) is 140 Å². The van der Waals surface area contributed by atoms with Gasteiger partial charge in [0, 0.05) is 6.42 Å². The molecule has 324 valence electrons. The van der Waals surface area contributed by atoms with Gasteiger partial charge in [-0.1, -0.05) is 91.0 Å². The first-order chi connectivity index (χ1) is 28.8. The molecule has 0 saturated carbocycles. The van der Waals surface area contributed by atoms with Crippen LogP contribution in [-0.2, 0) is 81.5 Å². The lowest BCUT2D eigenvalue weighted by Crippen LogP contribution is -2.66. The number of carbonyl (C=O) groups excluding carboxylic acids is 3. The number of fused-ring (bicyclic) bond motifs is 3. The van der Waals surface area contributed by atoms with Crippen molar-refractivity contribution in [2.75, 3.05) is 13.2 Å². The van der Waals surface area contributed by atoms with E-state index in [1.165, 1.54) is 6.92 Å². The molecule has 4 aliphatic rings. The summed E-state index contributed by atoms with van der Waals surface area (Å²) in [6.07, 6.45) is -8.14. The Morgan fingerprint density at radius 2 is 1.13 bits per heavy atom. The summed E-state index contributed by atoms with van der Waals surface area (Å²) >= 11 is 0. The van der Waals surface area contributed by atoms with Gasteiger partial charge in [0.05, 0.1) is 26.2 Å². The highest BCUT2D eigenvalue weighted by Gasteiger charge is 2.61. The molecule has 0 spiro atoms. The first kappa shape index (κ1) is 43.8. The number of hydrogen-bond donors (Lipinski definition) is 1. The van der Waals surface area contributed by atoms with Crippen molar-refractivity contribution in [2.24, 2.45) is 0 Å². The zero-order chi connectivity index (χ0) is 42.3. The minimum atomic E-state index is -1.24. The largest absolute Gasteiger partial charge is 0.463 e. The predicted molar refractivity (Wildman–Crippen MR) is 212 cm³/mol.